The Morgan fingerprint density at radius 3 is 1.00 bits per heavy atom. The Hall–Kier alpha value is -5.93. The van der Waals surface area contributed by atoms with Crippen LogP contribution in [0.1, 0.15) is 0 Å². The quantitative estimate of drug-likeness (QED) is 0.215. The molecule has 0 saturated heterocycles. The summed E-state index contributed by atoms with van der Waals surface area (Å²) in [6.07, 6.45) is 0. The minimum atomic E-state index is 0.113. The second-order valence-corrected chi connectivity index (χ2v) is 12.9. The molecule has 0 N–H and O–H groups in total. The lowest BCUT2D eigenvalue weighted by Gasteiger charge is -2.51. The summed E-state index contributed by atoms with van der Waals surface area (Å²) in [5.41, 5.74) is 19.3. The number of hydrogen-bond donors (Lipinski definition) is 0. The molecule has 47 heavy (non-hydrogen) atoms. The van der Waals surface area contributed by atoms with Crippen LogP contribution in [-0.4, -0.2) is 13.4 Å². The third kappa shape index (κ3) is 3.23. The second-order valence-electron chi connectivity index (χ2n) is 12.9. The molecule has 7 aromatic rings. The summed E-state index contributed by atoms with van der Waals surface area (Å²) in [7, 11) is 0. The molecule has 5 heteroatoms. The van der Waals surface area contributed by atoms with Gasteiger partial charge in [-0.25, -0.2) is 0 Å². The zero-order valence-electron chi connectivity index (χ0n) is 25.6. The van der Waals surface area contributed by atoms with Gasteiger partial charge in [-0.3, -0.25) is 0 Å². The van der Waals surface area contributed by atoms with Gasteiger partial charge >= 0.3 is 0 Å². The molecule has 0 radical (unpaired) electrons. The van der Waals surface area contributed by atoms with Gasteiger partial charge in [-0.15, -0.1) is 0 Å². The van der Waals surface area contributed by atoms with Gasteiger partial charge in [0.05, 0.1) is 0 Å². The molecule has 0 amide bonds. The first-order valence-electron chi connectivity index (χ1n) is 16.5. The SMILES string of the molecule is c1ccc(N2c3ccccc3B3c4ccccc4N4c5ccccc5B5c6ccccc6N(c6ccccc6)c6cc2c3c4c65)cc1. The van der Waals surface area contributed by atoms with Gasteiger partial charge in [0.25, 0.3) is 13.4 Å². The Bertz CT molecular complexity index is 2220. The van der Waals surface area contributed by atoms with Crippen molar-refractivity contribution in [3.8, 4) is 0 Å². The Balaban J connectivity index is 1.35. The van der Waals surface area contributed by atoms with Crippen LogP contribution in [0, 0.1) is 0 Å². The van der Waals surface area contributed by atoms with Crippen LogP contribution in [0.4, 0.5) is 51.2 Å². The Morgan fingerprint density at radius 1 is 0.298 bits per heavy atom. The predicted molar refractivity (Wildman–Crippen MR) is 200 cm³/mol. The highest BCUT2D eigenvalue weighted by atomic mass is 15.2. The van der Waals surface area contributed by atoms with Gasteiger partial charge in [-0.2, -0.15) is 0 Å². The molecule has 0 atom stereocenters. The number of fused-ring (bicyclic) bond motifs is 10. The average molecular weight is 595 g/mol. The first-order valence-corrected chi connectivity index (χ1v) is 16.5. The van der Waals surface area contributed by atoms with Crippen LogP contribution in [0.3, 0.4) is 0 Å². The third-order valence-electron chi connectivity index (χ3n) is 10.6. The van der Waals surface area contributed by atoms with E-state index in [-0.39, 0.29) is 13.4 Å². The summed E-state index contributed by atoms with van der Waals surface area (Å²) in [5, 5.41) is 0. The maximum absolute atomic E-state index is 2.59. The van der Waals surface area contributed by atoms with Crippen LogP contribution >= 0.6 is 0 Å². The van der Waals surface area contributed by atoms with Crippen LogP contribution in [-0.2, 0) is 0 Å². The highest BCUT2D eigenvalue weighted by Crippen LogP contribution is 2.49. The highest BCUT2D eigenvalue weighted by Gasteiger charge is 2.51. The van der Waals surface area contributed by atoms with Crippen molar-refractivity contribution in [2.24, 2.45) is 0 Å². The minimum absolute atomic E-state index is 0.113. The van der Waals surface area contributed by atoms with Gasteiger partial charge in [-0.05, 0) is 87.4 Å². The second kappa shape index (κ2) is 9.31. The Kier molecular flexibility index (Phi) is 5.01. The molecule has 216 valence electrons. The Morgan fingerprint density at radius 2 is 0.617 bits per heavy atom. The fourth-order valence-corrected chi connectivity index (χ4v) is 8.89. The van der Waals surface area contributed by atoms with Crippen molar-refractivity contribution in [3.63, 3.8) is 0 Å². The van der Waals surface area contributed by atoms with E-state index < -0.39 is 0 Å². The van der Waals surface area contributed by atoms with E-state index in [4.69, 9.17) is 0 Å². The topological polar surface area (TPSA) is 9.72 Å². The molecule has 3 nitrogen and oxygen atoms in total. The number of anilines is 9. The fraction of sp³-hybridized carbons (Fsp3) is 0. The minimum Gasteiger partial charge on any atom is -0.312 e. The molecule has 7 aromatic carbocycles. The smallest absolute Gasteiger partial charge is 0.252 e. The van der Waals surface area contributed by atoms with E-state index in [1.807, 2.05) is 0 Å². The highest BCUT2D eigenvalue weighted by molar-refractivity contribution is 7.04. The molecule has 4 aliphatic rings. The molecule has 11 rings (SSSR count). The van der Waals surface area contributed by atoms with Crippen molar-refractivity contribution in [1.29, 1.82) is 0 Å². The zero-order chi connectivity index (χ0) is 30.6. The number of hydrogen-bond acceptors (Lipinski definition) is 3. The normalized spacial score (nSPS) is 14.2. The Labute approximate surface area is 275 Å². The van der Waals surface area contributed by atoms with Gasteiger partial charge in [0.15, 0.2) is 0 Å². The molecule has 0 bridgehead atoms. The number of rotatable bonds is 2. The van der Waals surface area contributed by atoms with Gasteiger partial charge < -0.3 is 14.7 Å². The average Bonchev–Trinajstić information content (AvgIpc) is 3.14. The summed E-state index contributed by atoms with van der Waals surface area (Å²) >= 11 is 0. The number of para-hydroxylation sites is 6. The monoisotopic (exact) mass is 595 g/mol. The maximum Gasteiger partial charge on any atom is 0.252 e. The number of nitrogens with zero attached hydrogens (tertiary/aromatic N) is 3. The lowest BCUT2D eigenvalue weighted by atomic mass is 9.29. The summed E-state index contributed by atoms with van der Waals surface area (Å²) in [5.74, 6) is 0. The molecule has 0 spiro atoms. The molecule has 4 heterocycles. The first kappa shape index (κ1) is 25.3. The maximum atomic E-state index is 2.59. The van der Waals surface area contributed by atoms with E-state index in [0.717, 1.165) is 0 Å². The van der Waals surface area contributed by atoms with Gasteiger partial charge in [0, 0.05) is 51.2 Å². The van der Waals surface area contributed by atoms with E-state index in [9.17, 15) is 0 Å². The summed E-state index contributed by atoms with van der Waals surface area (Å²) in [4.78, 5) is 7.59. The fourth-order valence-electron chi connectivity index (χ4n) is 8.89. The van der Waals surface area contributed by atoms with E-state index in [2.05, 4.69) is 178 Å². The van der Waals surface area contributed by atoms with E-state index >= 15 is 0 Å². The van der Waals surface area contributed by atoms with Crippen LogP contribution in [0.25, 0.3) is 0 Å². The molecule has 4 aliphatic heterocycles. The lowest BCUT2D eigenvalue weighted by molar-refractivity contribution is 1.23. The van der Waals surface area contributed by atoms with Crippen LogP contribution in [0.15, 0.2) is 164 Å². The van der Waals surface area contributed by atoms with E-state index in [0.29, 0.717) is 0 Å². The van der Waals surface area contributed by atoms with Crippen LogP contribution < -0.4 is 47.5 Å². The van der Waals surface area contributed by atoms with E-state index in [1.54, 1.807) is 0 Å². The van der Waals surface area contributed by atoms with Crippen molar-refractivity contribution >= 4 is 97.4 Å². The molecule has 0 unspecified atom stereocenters. The van der Waals surface area contributed by atoms with Crippen molar-refractivity contribution in [2.75, 3.05) is 14.7 Å². The predicted octanol–water partition coefficient (Wildman–Crippen LogP) is 6.38. The standard InChI is InChI=1S/C42H27B2N3/c1-3-15-28(16-4-1)45-34-23-11-7-19-30(34)43-32-21-9-13-25-36(32)47-37-26-14-10-22-33(37)44-31-20-8-12-24-35(31)46(29-17-5-2-6-18-29)39-27-38(45)40(43)42(47)41(39)44/h1-27H. The largest absolute Gasteiger partial charge is 0.312 e. The summed E-state index contributed by atoms with van der Waals surface area (Å²) < 4.78 is 0. The zero-order valence-corrected chi connectivity index (χ0v) is 25.6. The van der Waals surface area contributed by atoms with Crippen molar-refractivity contribution in [1.82, 2.24) is 0 Å². The van der Waals surface area contributed by atoms with Gasteiger partial charge in [0.2, 0.25) is 0 Å². The summed E-state index contributed by atoms with van der Waals surface area (Å²) in [6.45, 7) is 0.226. The van der Waals surface area contributed by atoms with Crippen LogP contribution in [0.5, 0.6) is 0 Å². The molecule has 0 saturated carbocycles. The lowest BCUT2D eigenvalue weighted by Crippen LogP contribution is -2.68. The third-order valence-corrected chi connectivity index (χ3v) is 10.6. The molecule has 0 fully saturated rings. The van der Waals surface area contributed by atoms with Gasteiger partial charge in [0.1, 0.15) is 0 Å². The number of benzene rings is 7. The van der Waals surface area contributed by atoms with Crippen molar-refractivity contribution in [3.05, 3.63) is 164 Å². The van der Waals surface area contributed by atoms with Crippen LogP contribution in [0.2, 0.25) is 0 Å². The molecular formula is C42H27B2N3. The van der Waals surface area contributed by atoms with E-state index in [1.165, 1.54) is 84.0 Å². The molecule has 0 aromatic heterocycles. The first-order chi connectivity index (χ1) is 23.4. The summed E-state index contributed by atoms with van der Waals surface area (Å²) in [6, 6.07) is 60.5. The van der Waals surface area contributed by atoms with Crippen molar-refractivity contribution < 1.29 is 0 Å². The molecule has 0 aliphatic carbocycles. The molecular weight excluding hydrogens is 568 g/mol. The van der Waals surface area contributed by atoms with Gasteiger partial charge in [-0.1, -0.05) is 109 Å². The van der Waals surface area contributed by atoms with Crippen molar-refractivity contribution in [2.45, 2.75) is 0 Å².